The molecular weight excluding hydrogens is 647 g/mol. The fraction of sp³-hybridized carbons (Fsp3) is 0.500. The Labute approximate surface area is 299 Å². The van der Waals surface area contributed by atoms with Crippen molar-refractivity contribution in [3.8, 4) is 23.0 Å². The number of hydrogen-bond acceptors (Lipinski definition) is 7. The van der Waals surface area contributed by atoms with Gasteiger partial charge in [-0.15, -0.1) is 0 Å². The van der Waals surface area contributed by atoms with E-state index in [0.717, 1.165) is 29.8 Å². The van der Waals surface area contributed by atoms with Crippen LogP contribution in [0.4, 0.5) is 0 Å². The van der Waals surface area contributed by atoms with Gasteiger partial charge in [0.1, 0.15) is 5.75 Å². The Morgan fingerprint density at radius 3 is 2.04 bits per heavy atom. The molecule has 9 nitrogen and oxygen atoms in total. The molecule has 50 heavy (non-hydrogen) atoms. The third-order valence-electron chi connectivity index (χ3n) is 11.7. The number of nitrogens with zero attached hydrogens (tertiary/aromatic N) is 2. The first-order valence-corrected chi connectivity index (χ1v) is 20.6. The van der Waals surface area contributed by atoms with E-state index in [1.54, 1.807) is 33.5 Å². The van der Waals surface area contributed by atoms with E-state index < -0.39 is 19.3 Å². The number of carbonyl (C=O) groups is 2. The first-order chi connectivity index (χ1) is 23.7. The van der Waals surface area contributed by atoms with Gasteiger partial charge in [-0.05, 0) is 79.3 Å². The lowest BCUT2D eigenvalue weighted by Crippen LogP contribution is -2.63. The van der Waals surface area contributed by atoms with Crippen molar-refractivity contribution in [2.45, 2.75) is 76.0 Å². The maximum absolute atomic E-state index is 14.2. The molecule has 3 aromatic rings. The van der Waals surface area contributed by atoms with Crippen molar-refractivity contribution in [1.82, 2.24) is 9.80 Å². The monoisotopic (exact) mass is 701 g/mol. The minimum absolute atomic E-state index is 0.0170. The highest BCUT2D eigenvalue weighted by molar-refractivity contribution is 6.74. The van der Waals surface area contributed by atoms with Crippen LogP contribution in [0.25, 0.3) is 0 Å². The summed E-state index contributed by atoms with van der Waals surface area (Å²) in [5, 5.41) is 0.0593. The topological polar surface area (TPSA) is 104 Å². The number of carbonyl (C=O) groups excluding carboxylic acids is 2. The van der Waals surface area contributed by atoms with Crippen molar-refractivity contribution in [3.05, 3.63) is 83.4 Å². The highest BCUT2D eigenvalue weighted by Crippen LogP contribution is 2.54. The van der Waals surface area contributed by atoms with Crippen LogP contribution in [0.5, 0.6) is 23.0 Å². The Morgan fingerprint density at radius 2 is 1.52 bits per heavy atom. The zero-order chi connectivity index (χ0) is 36.5. The molecule has 2 fully saturated rings. The summed E-state index contributed by atoms with van der Waals surface area (Å²) < 4.78 is 23.3. The number of likely N-dealkylation sites (tertiary alicyclic amines) is 2. The van der Waals surface area contributed by atoms with E-state index in [0.29, 0.717) is 55.3 Å². The average Bonchev–Trinajstić information content (AvgIpc) is 3.61. The fourth-order valence-electron chi connectivity index (χ4n) is 7.89. The summed E-state index contributed by atoms with van der Waals surface area (Å²) in [5.74, 6) is 1.75. The largest absolute Gasteiger partial charge is 0.544 e. The first kappa shape index (κ1) is 37.2. The molecule has 0 radical (unpaired) electrons. The Balaban J connectivity index is 1.59. The standard InChI is InChI=1S/C40H55N3O6Si/c1-10-43-23-21-39(37(41)45,29-14-12-11-13-15-29)27-40(43,30-16-18-32(19-17-30)49-50(8,9)38(2,3)4)31-20-22-42(26-31)36(44)28-24-33(46-5)35(48-7)34(25-28)47-6/h11-19,24-25,31H,10,20-23,26-27H2,1-9H3,(H2,41,45). The second kappa shape index (κ2) is 14.3. The van der Waals surface area contributed by atoms with Gasteiger partial charge in [-0.2, -0.15) is 0 Å². The van der Waals surface area contributed by atoms with Gasteiger partial charge in [0.15, 0.2) is 11.5 Å². The number of ether oxygens (including phenoxy) is 3. The van der Waals surface area contributed by atoms with E-state index >= 15 is 0 Å². The number of rotatable bonds is 11. The van der Waals surface area contributed by atoms with Gasteiger partial charge in [-0.25, -0.2) is 0 Å². The summed E-state index contributed by atoms with van der Waals surface area (Å²) in [6.07, 6.45) is 1.89. The van der Waals surface area contributed by atoms with Gasteiger partial charge in [0, 0.05) is 31.1 Å². The van der Waals surface area contributed by atoms with Gasteiger partial charge in [-0.1, -0.05) is 70.2 Å². The van der Waals surface area contributed by atoms with Crippen LogP contribution in [0.3, 0.4) is 0 Å². The van der Waals surface area contributed by atoms with Crippen molar-refractivity contribution in [3.63, 3.8) is 0 Å². The highest BCUT2D eigenvalue weighted by atomic mass is 28.4. The van der Waals surface area contributed by atoms with Crippen molar-refractivity contribution in [1.29, 1.82) is 0 Å². The Kier molecular flexibility index (Phi) is 10.7. The summed E-state index contributed by atoms with van der Waals surface area (Å²) >= 11 is 0. The molecule has 5 rings (SSSR count). The van der Waals surface area contributed by atoms with E-state index in [1.807, 2.05) is 35.2 Å². The van der Waals surface area contributed by atoms with Crippen LogP contribution >= 0.6 is 0 Å². The minimum atomic E-state index is -2.06. The molecule has 2 aliphatic heterocycles. The SMILES string of the molecule is CCN1CCC(C(N)=O)(c2ccccc2)CC1(c1ccc(O[Si](C)(C)C(C)(C)C)cc1)C1CCN(C(=O)c2cc(OC)c(OC)c(OC)c2)C1. The van der Waals surface area contributed by atoms with Gasteiger partial charge >= 0.3 is 0 Å². The number of methoxy groups -OCH3 is 3. The van der Waals surface area contributed by atoms with Gasteiger partial charge < -0.3 is 29.3 Å². The second-order valence-electron chi connectivity index (χ2n) is 15.3. The zero-order valence-electron chi connectivity index (χ0n) is 31.3. The summed E-state index contributed by atoms with van der Waals surface area (Å²) in [6, 6.07) is 21.9. The van der Waals surface area contributed by atoms with Crippen LogP contribution in [0, 0.1) is 5.92 Å². The molecule has 2 amide bonds. The predicted molar refractivity (Wildman–Crippen MR) is 200 cm³/mol. The normalized spacial score (nSPS) is 23.0. The van der Waals surface area contributed by atoms with Crippen LogP contribution in [0.1, 0.15) is 68.4 Å². The summed E-state index contributed by atoms with van der Waals surface area (Å²) in [5.41, 5.74) is 7.46. The van der Waals surface area contributed by atoms with Crippen LogP contribution in [0.15, 0.2) is 66.7 Å². The predicted octanol–water partition coefficient (Wildman–Crippen LogP) is 6.99. The van der Waals surface area contributed by atoms with E-state index in [-0.39, 0.29) is 22.8 Å². The second-order valence-corrected chi connectivity index (χ2v) is 20.0. The minimum Gasteiger partial charge on any atom is -0.544 e. The molecule has 3 aromatic carbocycles. The number of amides is 2. The molecule has 0 aliphatic carbocycles. The Bertz CT molecular complexity index is 1650. The number of hydrogen-bond donors (Lipinski definition) is 1. The Hall–Kier alpha value is -4.02. The number of benzene rings is 3. The summed E-state index contributed by atoms with van der Waals surface area (Å²) in [6.45, 7) is 15.9. The van der Waals surface area contributed by atoms with Gasteiger partial charge in [0.05, 0.1) is 32.3 Å². The Morgan fingerprint density at radius 1 is 0.900 bits per heavy atom. The van der Waals surface area contributed by atoms with Crippen molar-refractivity contribution in [2.24, 2.45) is 11.7 Å². The number of piperidine rings is 1. The molecule has 0 aromatic heterocycles. The number of nitrogens with two attached hydrogens (primary N) is 1. The van der Waals surface area contributed by atoms with Gasteiger partial charge in [0.25, 0.3) is 5.91 Å². The van der Waals surface area contributed by atoms with Crippen LogP contribution in [-0.2, 0) is 15.7 Å². The van der Waals surface area contributed by atoms with E-state index in [4.69, 9.17) is 24.4 Å². The van der Waals surface area contributed by atoms with Gasteiger partial charge in [0.2, 0.25) is 20.0 Å². The molecule has 0 saturated carbocycles. The van der Waals surface area contributed by atoms with Crippen LogP contribution < -0.4 is 24.4 Å². The van der Waals surface area contributed by atoms with Crippen molar-refractivity contribution >= 4 is 20.1 Å². The van der Waals surface area contributed by atoms with Crippen LogP contribution in [-0.4, -0.2) is 77.4 Å². The lowest BCUT2D eigenvalue weighted by Gasteiger charge is -2.56. The summed E-state index contributed by atoms with van der Waals surface area (Å²) in [4.78, 5) is 32.4. The van der Waals surface area contributed by atoms with E-state index in [1.165, 1.54) is 0 Å². The lowest BCUT2D eigenvalue weighted by molar-refractivity contribution is -0.130. The lowest BCUT2D eigenvalue weighted by atomic mass is 9.59. The molecule has 2 N–H and O–H groups in total. The highest BCUT2D eigenvalue weighted by Gasteiger charge is 2.57. The molecule has 3 unspecified atom stereocenters. The maximum atomic E-state index is 14.2. The molecule has 2 heterocycles. The first-order valence-electron chi connectivity index (χ1n) is 17.7. The molecular formula is C40H55N3O6Si. The molecule has 2 saturated heterocycles. The van der Waals surface area contributed by atoms with Crippen molar-refractivity contribution in [2.75, 3.05) is 47.5 Å². The van der Waals surface area contributed by atoms with Crippen LogP contribution in [0.2, 0.25) is 18.1 Å². The number of primary amides is 1. The smallest absolute Gasteiger partial charge is 0.254 e. The van der Waals surface area contributed by atoms with E-state index in [2.05, 4.69) is 70.0 Å². The molecule has 3 atom stereocenters. The molecule has 270 valence electrons. The average molecular weight is 702 g/mol. The molecule has 0 spiro atoms. The third-order valence-corrected chi connectivity index (χ3v) is 16.1. The van der Waals surface area contributed by atoms with E-state index in [9.17, 15) is 9.59 Å². The third kappa shape index (κ3) is 6.60. The van der Waals surface area contributed by atoms with Crippen molar-refractivity contribution < 1.29 is 28.2 Å². The zero-order valence-corrected chi connectivity index (χ0v) is 32.3. The molecule has 2 aliphatic rings. The fourth-order valence-corrected chi connectivity index (χ4v) is 8.92. The van der Waals surface area contributed by atoms with Gasteiger partial charge in [-0.3, -0.25) is 14.5 Å². The molecule has 10 heteroatoms. The quantitative estimate of drug-likeness (QED) is 0.215. The summed E-state index contributed by atoms with van der Waals surface area (Å²) in [7, 11) is 2.57. The molecule has 0 bridgehead atoms. The maximum Gasteiger partial charge on any atom is 0.254 e.